The topological polar surface area (TPSA) is 60.9 Å². The number of primary amides is 1. The van der Waals surface area contributed by atoms with E-state index in [4.69, 9.17) is 10.7 Å². The number of carbonyl (C=O) groups is 1. The molecule has 120 valence electrons. The number of nitrogens with zero attached hydrogens (tertiary/aromatic N) is 2. The fourth-order valence-corrected chi connectivity index (χ4v) is 4.15. The number of carbonyl (C=O) groups excluding carboxylic acids is 1. The summed E-state index contributed by atoms with van der Waals surface area (Å²) in [6, 6.07) is 3.95. The average molecular weight is 345 g/mol. The van der Waals surface area contributed by atoms with Crippen LogP contribution in [0, 0.1) is 6.92 Å². The van der Waals surface area contributed by atoms with Crippen molar-refractivity contribution in [1.82, 2.24) is 9.55 Å². The summed E-state index contributed by atoms with van der Waals surface area (Å²) in [7, 11) is 0. The van der Waals surface area contributed by atoms with Gasteiger partial charge in [-0.25, -0.2) is 4.98 Å². The minimum absolute atomic E-state index is 0.382. The van der Waals surface area contributed by atoms with Crippen molar-refractivity contribution in [3.63, 3.8) is 0 Å². The first-order valence-electron chi connectivity index (χ1n) is 7.60. The van der Waals surface area contributed by atoms with E-state index in [9.17, 15) is 4.79 Å². The van der Waals surface area contributed by atoms with E-state index in [2.05, 4.69) is 33.7 Å². The Balaban J connectivity index is 2.04. The average Bonchev–Trinajstić information content (AvgIpc) is 3.24. The molecule has 0 aliphatic rings. The predicted octanol–water partition coefficient (Wildman–Crippen LogP) is 4.55. The lowest BCUT2D eigenvalue weighted by Gasteiger charge is -2.09. The number of thiophene rings is 1. The van der Waals surface area contributed by atoms with Gasteiger partial charge in [0.2, 0.25) is 0 Å². The lowest BCUT2D eigenvalue weighted by atomic mass is 10.2. The number of unbranched alkanes of at least 4 members (excludes halogenated alkanes) is 1. The van der Waals surface area contributed by atoms with Gasteiger partial charge in [-0.2, -0.15) is 11.3 Å². The second-order valence-electron chi connectivity index (χ2n) is 5.45. The van der Waals surface area contributed by atoms with Gasteiger partial charge >= 0.3 is 0 Å². The molecule has 0 radical (unpaired) electrons. The van der Waals surface area contributed by atoms with E-state index in [0.29, 0.717) is 5.56 Å². The number of hydrogen-bond acceptors (Lipinski definition) is 4. The molecule has 4 nitrogen and oxygen atoms in total. The first-order chi connectivity index (χ1) is 11.1. The number of nitrogens with two attached hydrogens (primary N) is 1. The highest BCUT2D eigenvalue weighted by molar-refractivity contribution is 7.14. The maximum Gasteiger partial charge on any atom is 0.250 e. The molecular formula is C17H19N3OS2. The maximum atomic E-state index is 11.7. The van der Waals surface area contributed by atoms with Crippen LogP contribution in [-0.2, 0) is 6.54 Å². The van der Waals surface area contributed by atoms with E-state index in [0.717, 1.165) is 47.0 Å². The van der Waals surface area contributed by atoms with E-state index >= 15 is 0 Å². The van der Waals surface area contributed by atoms with Crippen LogP contribution in [0.25, 0.3) is 22.0 Å². The van der Waals surface area contributed by atoms with Crippen molar-refractivity contribution in [3.8, 4) is 22.0 Å². The monoisotopic (exact) mass is 345 g/mol. The molecular weight excluding hydrogens is 326 g/mol. The molecule has 0 aliphatic carbocycles. The first-order valence-corrected chi connectivity index (χ1v) is 9.42. The van der Waals surface area contributed by atoms with Crippen LogP contribution in [0.5, 0.6) is 0 Å². The number of thiazole rings is 1. The largest absolute Gasteiger partial charge is 0.366 e. The van der Waals surface area contributed by atoms with Gasteiger partial charge in [-0.3, -0.25) is 4.79 Å². The van der Waals surface area contributed by atoms with Gasteiger partial charge in [0.25, 0.3) is 5.91 Å². The third-order valence-electron chi connectivity index (χ3n) is 3.90. The normalized spacial score (nSPS) is 11.0. The molecule has 0 spiro atoms. The van der Waals surface area contributed by atoms with Crippen LogP contribution >= 0.6 is 22.7 Å². The van der Waals surface area contributed by atoms with Crippen molar-refractivity contribution < 1.29 is 4.79 Å². The Bertz CT molecular complexity index is 815. The van der Waals surface area contributed by atoms with Crippen molar-refractivity contribution in [2.75, 3.05) is 0 Å². The molecule has 0 fully saturated rings. The number of amides is 1. The molecule has 0 aliphatic heterocycles. The second kappa shape index (κ2) is 6.68. The van der Waals surface area contributed by atoms with E-state index in [1.807, 2.05) is 13.0 Å². The number of rotatable bonds is 6. The second-order valence-corrected chi connectivity index (χ2v) is 7.09. The Labute approximate surface area is 143 Å². The van der Waals surface area contributed by atoms with Gasteiger partial charge in [0.1, 0.15) is 5.01 Å². The van der Waals surface area contributed by atoms with Gasteiger partial charge in [0, 0.05) is 28.6 Å². The quantitative estimate of drug-likeness (QED) is 0.712. The summed E-state index contributed by atoms with van der Waals surface area (Å²) >= 11 is 3.29. The summed E-state index contributed by atoms with van der Waals surface area (Å²) in [6.07, 6.45) is 2.16. The standard InChI is InChI=1S/C17H19N3OS2/c1-3-4-6-20-11(2)13(16(18)21)8-15(20)14-10-23-17(19-14)12-5-7-22-9-12/h5,7-10H,3-4,6H2,1-2H3,(H2,18,21). The molecule has 0 unspecified atom stereocenters. The first kappa shape index (κ1) is 16.0. The van der Waals surface area contributed by atoms with Crippen LogP contribution in [0.4, 0.5) is 0 Å². The summed E-state index contributed by atoms with van der Waals surface area (Å²) in [5, 5.41) is 7.20. The lowest BCUT2D eigenvalue weighted by molar-refractivity contribution is 0.0999. The molecule has 0 aromatic carbocycles. The zero-order chi connectivity index (χ0) is 16.4. The number of aromatic nitrogens is 2. The Morgan fingerprint density at radius 2 is 2.22 bits per heavy atom. The van der Waals surface area contributed by atoms with E-state index in [1.165, 1.54) is 0 Å². The molecule has 3 aromatic heterocycles. The molecule has 1 amide bonds. The van der Waals surface area contributed by atoms with Crippen LogP contribution in [0.3, 0.4) is 0 Å². The van der Waals surface area contributed by atoms with E-state index in [1.54, 1.807) is 22.7 Å². The van der Waals surface area contributed by atoms with Gasteiger partial charge in [-0.05, 0) is 30.9 Å². The highest BCUT2D eigenvalue weighted by Gasteiger charge is 2.18. The van der Waals surface area contributed by atoms with Crippen LogP contribution in [0.15, 0.2) is 28.3 Å². The SMILES string of the molecule is CCCCn1c(-c2csc(-c3ccsc3)n2)cc(C(N)=O)c1C. The van der Waals surface area contributed by atoms with Crippen molar-refractivity contribution in [2.45, 2.75) is 33.2 Å². The molecule has 0 bridgehead atoms. The fraction of sp³-hybridized carbons (Fsp3) is 0.294. The Morgan fingerprint density at radius 3 is 2.87 bits per heavy atom. The number of hydrogen-bond donors (Lipinski definition) is 1. The lowest BCUT2D eigenvalue weighted by Crippen LogP contribution is -2.12. The van der Waals surface area contributed by atoms with Crippen molar-refractivity contribution >= 4 is 28.6 Å². The molecule has 0 saturated carbocycles. The van der Waals surface area contributed by atoms with Gasteiger partial charge in [0.05, 0.1) is 17.0 Å². The third-order valence-corrected chi connectivity index (χ3v) is 5.48. The van der Waals surface area contributed by atoms with Gasteiger partial charge < -0.3 is 10.3 Å². The van der Waals surface area contributed by atoms with Crippen molar-refractivity contribution in [2.24, 2.45) is 5.73 Å². The molecule has 0 saturated heterocycles. The summed E-state index contributed by atoms with van der Waals surface area (Å²) in [5.41, 5.74) is 10.0. The zero-order valence-electron chi connectivity index (χ0n) is 13.2. The van der Waals surface area contributed by atoms with Crippen LogP contribution in [-0.4, -0.2) is 15.5 Å². The predicted molar refractivity (Wildman–Crippen MR) is 97.0 cm³/mol. The summed E-state index contributed by atoms with van der Waals surface area (Å²) < 4.78 is 2.16. The van der Waals surface area contributed by atoms with Crippen LogP contribution in [0.2, 0.25) is 0 Å². The molecule has 2 N–H and O–H groups in total. The van der Waals surface area contributed by atoms with E-state index < -0.39 is 0 Å². The van der Waals surface area contributed by atoms with Crippen molar-refractivity contribution in [3.05, 3.63) is 39.5 Å². The maximum absolute atomic E-state index is 11.7. The zero-order valence-corrected chi connectivity index (χ0v) is 14.8. The summed E-state index contributed by atoms with van der Waals surface area (Å²) in [6.45, 7) is 4.98. The minimum atomic E-state index is -0.382. The highest BCUT2D eigenvalue weighted by Crippen LogP contribution is 2.32. The highest BCUT2D eigenvalue weighted by atomic mass is 32.1. The van der Waals surface area contributed by atoms with Crippen molar-refractivity contribution in [1.29, 1.82) is 0 Å². The molecule has 6 heteroatoms. The Morgan fingerprint density at radius 1 is 1.39 bits per heavy atom. The molecule has 3 heterocycles. The van der Waals surface area contributed by atoms with E-state index in [-0.39, 0.29) is 5.91 Å². The van der Waals surface area contributed by atoms with Gasteiger partial charge in [0.15, 0.2) is 0 Å². The minimum Gasteiger partial charge on any atom is -0.366 e. The summed E-state index contributed by atoms with van der Waals surface area (Å²) in [4.78, 5) is 16.4. The van der Waals surface area contributed by atoms with Gasteiger partial charge in [-0.15, -0.1) is 11.3 Å². The summed E-state index contributed by atoms with van der Waals surface area (Å²) in [5.74, 6) is -0.382. The van der Waals surface area contributed by atoms with Gasteiger partial charge in [-0.1, -0.05) is 13.3 Å². The molecule has 3 aromatic rings. The van der Waals surface area contributed by atoms with Crippen LogP contribution < -0.4 is 5.73 Å². The third kappa shape index (κ3) is 3.09. The molecule has 23 heavy (non-hydrogen) atoms. The van der Waals surface area contributed by atoms with Crippen LogP contribution in [0.1, 0.15) is 35.8 Å². The Kier molecular flexibility index (Phi) is 4.63. The Hall–Kier alpha value is -1.92. The molecule has 0 atom stereocenters. The fourth-order valence-electron chi connectivity index (χ4n) is 2.62. The molecule has 3 rings (SSSR count). The smallest absolute Gasteiger partial charge is 0.250 e.